The normalized spacial score (nSPS) is 18.6. The van der Waals surface area contributed by atoms with Gasteiger partial charge in [-0.3, -0.25) is 4.79 Å². The lowest BCUT2D eigenvalue weighted by Crippen LogP contribution is -2.40. The molecule has 3 aromatic rings. The van der Waals surface area contributed by atoms with Gasteiger partial charge in [-0.05, 0) is 87.0 Å². The monoisotopic (exact) mass is 503 g/mol. The van der Waals surface area contributed by atoms with Crippen molar-refractivity contribution in [3.05, 3.63) is 71.7 Å². The number of nitrogens with zero attached hydrogens (tertiary/aromatic N) is 4. The predicted molar refractivity (Wildman–Crippen MR) is 143 cm³/mol. The van der Waals surface area contributed by atoms with Crippen molar-refractivity contribution >= 4 is 11.8 Å². The Hall–Kier alpha value is -3.23. The van der Waals surface area contributed by atoms with Crippen LogP contribution in [0.1, 0.15) is 54.8 Å². The molecule has 2 aliphatic heterocycles. The van der Waals surface area contributed by atoms with Crippen LogP contribution in [0, 0.1) is 0 Å². The first-order valence-corrected chi connectivity index (χ1v) is 13.5. The average molecular weight is 504 g/mol. The number of rotatable bonds is 11. The number of hydrogen-bond donors (Lipinski definition) is 2. The topological polar surface area (TPSA) is 92.5 Å². The SMILES string of the molecule is O=C(O)C[C@@H](CO[C@@H]1CCCN(CCCc2ccc3c(n2)NCCC3)C1)c1cccc(-n2cccn2)c1. The van der Waals surface area contributed by atoms with Crippen LogP contribution < -0.4 is 5.32 Å². The van der Waals surface area contributed by atoms with E-state index < -0.39 is 5.97 Å². The van der Waals surface area contributed by atoms with E-state index in [1.165, 1.54) is 12.0 Å². The quantitative estimate of drug-likeness (QED) is 0.403. The lowest BCUT2D eigenvalue weighted by Gasteiger charge is -2.33. The van der Waals surface area contributed by atoms with Gasteiger partial charge in [0.2, 0.25) is 0 Å². The highest BCUT2D eigenvalue weighted by molar-refractivity contribution is 5.68. The zero-order valence-electron chi connectivity index (χ0n) is 21.4. The van der Waals surface area contributed by atoms with E-state index in [9.17, 15) is 9.90 Å². The molecule has 0 unspecified atom stereocenters. The van der Waals surface area contributed by atoms with Crippen LogP contribution in [-0.4, -0.2) is 69.6 Å². The van der Waals surface area contributed by atoms with Crippen LogP contribution in [0.2, 0.25) is 0 Å². The maximum atomic E-state index is 11.6. The molecule has 2 aromatic heterocycles. The number of aliphatic carboxylic acids is 1. The molecule has 2 aliphatic rings. The Balaban J connectivity index is 1.12. The summed E-state index contributed by atoms with van der Waals surface area (Å²) < 4.78 is 8.13. The molecule has 5 rings (SSSR count). The number of pyridine rings is 1. The standard InChI is InChI=1S/C29H37N5O3/c35-28(36)19-24(23-6-1-9-26(18-23)34-17-5-14-31-34)21-37-27-10-4-16-33(20-27)15-3-8-25-12-11-22-7-2-13-30-29(22)32-25/h1,5-6,9,11-12,14,17-18,24,27H,2-4,7-8,10,13,15-16,19-21H2,(H,30,32)(H,35,36)/t24-,27+/m0/s1. The molecule has 0 bridgehead atoms. The van der Waals surface area contributed by atoms with E-state index in [0.717, 1.165) is 81.0 Å². The van der Waals surface area contributed by atoms with Gasteiger partial charge in [0.15, 0.2) is 0 Å². The van der Waals surface area contributed by atoms with Gasteiger partial charge < -0.3 is 20.1 Å². The maximum Gasteiger partial charge on any atom is 0.304 e. The van der Waals surface area contributed by atoms with E-state index in [-0.39, 0.29) is 18.4 Å². The fraction of sp³-hybridized carbons (Fsp3) is 0.483. The highest BCUT2D eigenvalue weighted by Gasteiger charge is 2.23. The molecular formula is C29H37N5O3. The summed E-state index contributed by atoms with van der Waals surface area (Å²) in [6, 6.07) is 14.2. The van der Waals surface area contributed by atoms with Crippen LogP contribution in [0.25, 0.3) is 5.69 Å². The second kappa shape index (κ2) is 12.3. The molecule has 2 N–H and O–H groups in total. The van der Waals surface area contributed by atoms with Gasteiger partial charge in [0.05, 0.1) is 24.8 Å². The molecule has 37 heavy (non-hydrogen) atoms. The smallest absolute Gasteiger partial charge is 0.304 e. The molecule has 0 spiro atoms. The van der Waals surface area contributed by atoms with Crippen LogP contribution in [0.15, 0.2) is 54.9 Å². The van der Waals surface area contributed by atoms with Crippen molar-refractivity contribution in [2.45, 2.75) is 57.0 Å². The van der Waals surface area contributed by atoms with Crippen LogP contribution in [-0.2, 0) is 22.4 Å². The average Bonchev–Trinajstić information content (AvgIpc) is 3.46. The fourth-order valence-electron chi connectivity index (χ4n) is 5.42. The summed E-state index contributed by atoms with van der Waals surface area (Å²) in [5.74, 6) is 0.0580. The second-order valence-corrected chi connectivity index (χ2v) is 10.2. The number of benzene rings is 1. The van der Waals surface area contributed by atoms with Gasteiger partial charge in [-0.2, -0.15) is 5.10 Å². The second-order valence-electron chi connectivity index (χ2n) is 10.2. The Morgan fingerprint density at radius 1 is 1.22 bits per heavy atom. The summed E-state index contributed by atoms with van der Waals surface area (Å²) >= 11 is 0. The summed E-state index contributed by atoms with van der Waals surface area (Å²) in [6.45, 7) is 4.42. The van der Waals surface area contributed by atoms with Gasteiger partial charge in [0.1, 0.15) is 5.82 Å². The first kappa shape index (κ1) is 25.4. The molecule has 8 heteroatoms. The number of anilines is 1. The van der Waals surface area contributed by atoms with Crippen molar-refractivity contribution < 1.29 is 14.6 Å². The van der Waals surface area contributed by atoms with Gasteiger partial charge in [-0.1, -0.05) is 18.2 Å². The Kier molecular flexibility index (Phi) is 8.48. The lowest BCUT2D eigenvalue weighted by molar-refractivity contribution is -0.138. The molecule has 2 atom stereocenters. The number of ether oxygens (including phenoxy) is 1. The number of carbonyl (C=O) groups is 1. The molecule has 0 radical (unpaired) electrons. The number of nitrogens with one attached hydrogen (secondary N) is 1. The Morgan fingerprint density at radius 3 is 3.03 bits per heavy atom. The van der Waals surface area contributed by atoms with Crippen molar-refractivity contribution in [3.8, 4) is 5.69 Å². The van der Waals surface area contributed by atoms with E-state index in [1.54, 1.807) is 10.9 Å². The number of likely N-dealkylation sites (tertiary alicyclic amines) is 1. The number of carboxylic acid groups (broad SMARTS) is 1. The third-order valence-corrected chi connectivity index (χ3v) is 7.39. The van der Waals surface area contributed by atoms with Gasteiger partial charge in [0, 0.05) is 37.1 Å². The largest absolute Gasteiger partial charge is 0.481 e. The molecule has 4 heterocycles. The van der Waals surface area contributed by atoms with Gasteiger partial charge in [-0.15, -0.1) is 0 Å². The molecule has 1 fully saturated rings. The van der Waals surface area contributed by atoms with Crippen LogP contribution in [0.3, 0.4) is 0 Å². The van der Waals surface area contributed by atoms with Crippen molar-refractivity contribution in [1.29, 1.82) is 0 Å². The van der Waals surface area contributed by atoms with Gasteiger partial charge in [-0.25, -0.2) is 9.67 Å². The lowest BCUT2D eigenvalue weighted by atomic mass is 9.96. The number of aryl methyl sites for hydroxylation is 2. The molecule has 0 amide bonds. The molecular weight excluding hydrogens is 466 g/mol. The first-order valence-electron chi connectivity index (χ1n) is 13.5. The van der Waals surface area contributed by atoms with Crippen LogP contribution >= 0.6 is 0 Å². The van der Waals surface area contributed by atoms with Crippen molar-refractivity contribution in [3.63, 3.8) is 0 Å². The van der Waals surface area contributed by atoms with Gasteiger partial charge in [0.25, 0.3) is 0 Å². The third-order valence-electron chi connectivity index (χ3n) is 7.39. The number of fused-ring (bicyclic) bond motifs is 1. The highest BCUT2D eigenvalue weighted by atomic mass is 16.5. The minimum Gasteiger partial charge on any atom is -0.481 e. The first-order chi connectivity index (χ1) is 18.1. The summed E-state index contributed by atoms with van der Waals surface area (Å²) in [6.07, 6.45) is 10.3. The van der Waals surface area contributed by atoms with Crippen molar-refractivity contribution in [2.75, 3.05) is 38.1 Å². The molecule has 0 saturated carbocycles. The molecule has 8 nitrogen and oxygen atoms in total. The Bertz CT molecular complexity index is 1170. The minimum absolute atomic E-state index is 0.0433. The Morgan fingerprint density at radius 2 is 2.16 bits per heavy atom. The summed E-state index contributed by atoms with van der Waals surface area (Å²) in [7, 11) is 0. The number of piperidine rings is 1. The molecule has 196 valence electrons. The third kappa shape index (κ3) is 6.96. The van der Waals surface area contributed by atoms with E-state index in [4.69, 9.17) is 9.72 Å². The minimum atomic E-state index is -0.811. The zero-order valence-corrected chi connectivity index (χ0v) is 21.4. The number of carboxylic acids is 1. The Labute approximate surface area is 218 Å². The molecule has 1 saturated heterocycles. The van der Waals surface area contributed by atoms with Crippen LogP contribution in [0.4, 0.5) is 5.82 Å². The van der Waals surface area contributed by atoms with Crippen molar-refractivity contribution in [1.82, 2.24) is 19.7 Å². The zero-order chi connectivity index (χ0) is 25.5. The fourth-order valence-corrected chi connectivity index (χ4v) is 5.42. The molecule has 0 aliphatic carbocycles. The number of aromatic nitrogens is 3. The van der Waals surface area contributed by atoms with Crippen molar-refractivity contribution in [2.24, 2.45) is 0 Å². The van der Waals surface area contributed by atoms with E-state index in [0.29, 0.717) is 6.61 Å². The van der Waals surface area contributed by atoms with E-state index in [1.807, 2.05) is 36.5 Å². The number of hydrogen-bond acceptors (Lipinski definition) is 6. The van der Waals surface area contributed by atoms with Crippen LogP contribution in [0.5, 0.6) is 0 Å². The molecule has 1 aromatic carbocycles. The predicted octanol–water partition coefficient (Wildman–Crippen LogP) is 4.30. The van der Waals surface area contributed by atoms with E-state index >= 15 is 0 Å². The highest BCUT2D eigenvalue weighted by Crippen LogP contribution is 2.25. The maximum absolute atomic E-state index is 11.6. The summed E-state index contributed by atoms with van der Waals surface area (Å²) in [4.78, 5) is 18.9. The summed E-state index contributed by atoms with van der Waals surface area (Å²) in [5.41, 5.74) is 4.38. The van der Waals surface area contributed by atoms with E-state index in [2.05, 4.69) is 27.4 Å². The summed E-state index contributed by atoms with van der Waals surface area (Å²) in [5, 5.41) is 17.3. The van der Waals surface area contributed by atoms with Gasteiger partial charge >= 0.3 is 5.97 Å².